The molecule has 0 saturated carbocycles. The molecule has 5 heteroatoms. The summed E-state index contributed by atoms with van der Waals surface area (Å²) < 4.78 is 11.4. The van der Waals surface area contributed by atoms with E-state index in [1.54, 1.807) is 17.1 Å². The first-order valence-corrected chi connectivity index (χ1v) is 7.19. The number of ether oxygens (including phenoxy) is 2. The van der Waals surface area contributed by atoms with Gasteiger partial charge in [0.15, 0.2) is 5.79 Å². The van der Waals surface area contributed by atoms with Crippen LogP contribution in [0.4, 0.5) is 0 Å². The van der Waals surface area contributed by atoms with Gasteiger partial charge in [-0.3, -0.25) is 9.69 Å². The Hall–Kier alpha value is -1.17. The third-order valence-electron chi connectivity index (χ3n) is 3.84. The molecule has 2 aliphatic rings. The fourth-order valence-electron chi connectivity index (χ4n) is 2.72. The predicted molar refractivity (Wildman–Crippen MR) is 77.3 cm³/mol. The predicted octanol–water partition coefficient (Wildman–Crippen LogP) is 1.03. The van der Waals surface area contributed by atoms with Gasteiger partial charge in [0.05, 0.1) is 19.8 Å². The van der Waals surface area contributed by atoms with Gasteiger partial charge in [-0.05, 0) is 0 Å². The third kappa shape index (κ3) is 3.69. The zero-order valence-electron chi connectivity index (χ0n) is 12.1. The number of hydrogen-bond donors (Lipinski definition) is 0. The highest BCUT2D eigenvalue weighted by atomic mass is 16.7. The molecule has 1 spiro atoms. The fraction of sp³-hybridized carbons (Fsp3) is 0.667. The number of rotatable bonds is 6. The molecule has 2 fully saturated rings. The van der Waals surface area contributed by atoms with E-state index in [0.29, 0.717) is 32.8 Å². The van der Waals surface area contributed by atoms with E-state index in [1.807, 2.05) is 0 Å². The van der Waals surface area contributed by atoms with Gasteiger partial charge in [-0.1, -0.05) is 12.2 Å². The number of carbonyl (C=O) groups is 1. The third-order valence-corrected chi connectivity index (χ3v) is 3.84. The van der Waals surface area contributed by atoms with Crippen LogP contribution in [0.1, 0.15) is 12.8 Å². The topological polar surface area (TPSA) is 42.0 Å². The highest BCUT2D eigenvalue weighted by Crippen LogP contribution is 2.31. The lowest BCUT2D eigenvalue weighted by Crippen LogP contribution is -2.48. The number of amides is 1. The average Bonchev–Trinajstić information content (AvgIpc) is 2.90. The zero-order valence-corrected chi connectivity index (χ0v) is 12.1. The lowest BCUT2D eigenvalue weighted by atomic mass is 10.0. The summed E-state index contributed by atoms with van der Waals surface area (Å²) in [5.74, 6) is -0.254. The van der Waals surface area contributed by atoms with Crippen molar-refractivity contribution in [1.29, 1.82) is 0 Å². The maximum Gasteiger partial charge on any atom is 0.237 e. The Bertz CT molecular complexity index is 344. The molecule has 0 atom stereocenters. The van der Waals surface area contributed by atoms with Crippen molar-refractivity contribution >= 4 is 5.91 Å². The van der Waals surface area contributed by atoms with Gasteiger partial charge in [-0.15, -0.1) is 13.2 Å². The fourth-order valence-corrected chi connectivity index (χ4v) is 2.72. The SMILES string of the molecule is C=CCN(CC=C)C(=O)CN1CCC2(CC1)OCCO2. The normalized spacial score (nSPS) is 21.8. The minimum Gasteiger partial charge on any atom is -0.347 e. The smallest absolute Gasteiger partial charge is 0.237 e. The second-order valence-electron chi connectivity index (χ2n) is 5.26. The van der Waals surface area contributed by atoms with E-state index in [1.165, 1.54) is 0 Å². The van der Waals surface area contributed by atoms with Crippen LogP contribution < -0.4 is 0 Å². The maximum absolute atomic E-state index is 12.2. The molecule has 2 heterocycles. The monoisotopic (exact) mass is 280 g/mol. The molecular formula is C15H24N2O3. The Morgan fingerprint density at radius 1 is 1.15 bits per heavy atom. The number of hydrogen-bond acceptors (Lipinski definition) is 4. The molecule has 0 aromatic carbocycles. The first-order valence-electron chi connectivity index (χ1n) is 7.19. The van der Waals surface area contributed by atoms with Crippen LogP contribution in [-0.4, -0.2) is 67.4 Å². The Labute approximate surface area is 120 Å². The molecule has 0 radical (unpaired) electrons. The number of nitrogens with zero attached hydrogens (tertiary/aromatic N) is 2. The minimum atomic E-state index is -0.374. The van der Waals surface area contributed by atoms with E-state index >= 15 is 0 Å². The molecule has 0 bridgehead atoms. The van der Waals surface area contributed by atoms with Crippen LogP contribution in [0.2, 0.25) is 0 Å². The number of piperidine rings is 1. The highest BCUT2D eigenvalue weighted by molar-refractivity contribution is 5.78. The van der Waals surface area contributed by atoms with Crippen LogP contribution in [-0.2, 0) is 14.3 Å². The summed E-state index contributed by atoms with van der Waals surface area (Å²) in [5.41, 5.74) is 0. The molecule has 5 nitrogen and oxygen atoms in total. The van der Waals surface area contributed by atoms with Crippen LogP contribution in [0, 0.1) is 0 Å². The first kappa shape index (κ1) is 15.2. The van der Waals surface area contributed by atoms with Gasteiger partial charge >= 0.3 is 0 Å². The van der Waals surface area contributed by atoms with E-state index in [2.05, 4.69) is 18.1 Å². The van der Waals surface area contributed by atoms with E-state index in [-0.39, 0.29) is 11.7 Å². The summed E-state index contributed by atoms with van der Waals surface area (Å²) in [6.45, 7) is 12.0. The van der Waals surface area contributed by atoms with Crippen molar-refractivity contribution in [3.8, 4) is 0 Å². The van der Waals surface area contributed by atoms with Gasteiger partial charge in [0.1, 0.15) is 0 Å². The van der Waals surface area contributed by atoms with Crippen molar-refractivity contribution in [1.82, 2.24) is 9.80 Å². The Kier molecular flexibility index (Phi) is 5.34. The maximum atomic E-state index is 12.2. The van der Waals surface area contributed by atoms with Crippen LogP contribution in [0.25, 0.3) is 0 Å². The van der Waals surface area contributed by atoms with E-state index in [0.717, 1.165) is 25.9 Å². The van der Waals surface area contributed by atoms with Gasteiger partial charge in [-0.25, -0.2) is 0 Å². The second-order valence-corrected chi connectivity index (χ2v) is 5.26. The van der Waals surface area contributed by atoms with Gasteiger partial charge in [-0.2, -0.15) is 0 Å². The molecule has 0 aromatic rings. The lowest BCUT2D eigenvalue weighted by molar-refractivity contribution is -0.186. The molecule has 0 N–H and O–H groups in total. The zero-order chi connectivity index (χ0) is 14.4. The van der Waals surface area contributed by atoms with Crippen molar-refractivity contribution in [2.24, 2.45) is 0 Å². The van der Waals surface area contributed by atoms with Crippen molar-refractivity contribution in [3.05, 3.63) is 25.3 Å². The van der Waals surface area contributed by atoms with Gasteiger partial charge in [0.2, 0.25) is 5.91 Å². The lowest BCUT2D eigenvalue weighted by Gasteiger charge is -2.37. The number of likely N-dealkylation sites (tertiary alicyclic amines) is 1. The Morgan fingerprint density at radius 3 is 2.20 bits per heavy atom. The molecule has 2 aliphatic heterocycles. The quantitative estimate of drug-likeness (QED) is 0.681. The van der Waals surface area contributed by atoms with E-state index < -0.39 is 0 Å². The van der Waals surface area contributed by atoms with Crippen molar-refractivity contribution < 1.29 is 14.3 Å². The molecule has 20 heavy (non-hydrogen) atoms. The summed E-state index contributed by atoms with van der Waals surface area (Å²) in [5, 5.41) is 0. The van der Waals surface area contributed by atoms with Crippen LogP contribution >= 0.6 is 0 Å². The molecule has 112 valence electrons. The van der Waals surface area contributed by atoms with E-state index in [9.17, 15) is 4.79 Å². The molecule has 0 aliphatic carbocycles. The highest BCUT2D eigenvalue weighted by Gasteiger charge is 2.40. The second kappa shape index (κ2) is 7.02. The molecule has 0 unspecified atom stereocenters. The Balaban J connectivity index is 1.80. The first-order chi connectivity index (χ1) is 9.69. The van der Waals surface area contributed by atoms with Gasteiger partial charge < -0.3 is 14.4 Å². The summed E-state index contributed by atoms with van der Waals surface area (Å²) in [6.07, 6.45) is 5.16. The molecule has 1 amide bonds. The summed E-state index contributed by atoms with van der Waals surface area (Å²) in [7, 11) is 0. The standard InChI is InChI=1S/C15H24N2O3/c1-3-7-17(8-4-2)14(18)13-16-9-5-15(6-10-16)19-11-12-20-15/h3-4H,1-2,5-13H2. The molecule has 0 aromatic heterocycles. The number of carbonyl (C=O) groups excluding carboxylic acids is 1. The Morgan fingerprint density at radius 2 is 1.70 bits per heavy atom. The summed E-state index contributed by atoms with van der Waals surface area (Å²) in [6, 6.07) is 0. The van der Waals surface area contributed by atoms with Crippen molar-refractivity contribution in [2.75, 3.05) is 45.9 Å². The average molecular weight is 280 g/mol. The van der Waals surface area contributed by atoms with Crippen LogP contribution in [0.3, 0.4) is 0 Å². The largest absolute Gasteiger partial charge is 0.347 e. The van der Waals surface area contributed by atoms with Crippen LogP contribution in [0.5, 0.6) is 0 Å². The molecule has 2 rings (SSSR count). The summed E-state index contributed by atoms with van der Waals surface area (Å²) in [4.78, 5) is 16.2. The van der Waals surface area contributed by atoms with Crippen molar-refractivity contribution in [3.63, 3.8) is 0 Å². The molecule has 2 saturated heterocycles. The molecular weight excluding hydrogens is 256 g/mol. The summed E-state index contributed by atoms with van der Waals surface area (Å²) >= 11 is 0. The minimum absolute atomic E-state index is 0.119. The van der Waals surface area contributed by atoms with Crippen molar-refractivity contribution in [2.45, 2.75) is 18.6 Å². The van der Waals surface area contributed by atoms with Gasteiger partial charge in [0, 0.05) is 39.0 Å². The van der Waals surface area contributed by atoms with Crippen LogP contribution in [0.15, 0.2) is 25.3 Å². The van der Waals surface area contributed by atoms with Gasteiger partial charge in [0.25, 0.3) is 0 Å². The van der Waals surface area contributed by atoms with E-state index in [4.69, 9.17) is 9.47 Å².